The van der Waals surface area contributed by atoms with E-state index in [1.807, 2.05) is 0 Å². The van der Waals surface area contributed by atoms with E-state index in [2.05, 4.69) is 16.0 Å². The van der Waals surface area contributed by atoms with E-state index >= 15 is 0 Å². The maximum absolute atomic E-state index is 11.6. The Kier molecular flexibility index (Phi) is 6.58. The number of anilines is 1. The fraction of sp³-hybridized carbons (Fsp3) is 0.438. The summed E-state index contributed by atoms with van der Waals surface area (Å²) in [5.74, 6) is -1.11. The average Bonchev–Trinajstić information content (AvgIpc) is 2.44. The minimum atomic E-state index is -1.11. The molecule has 3 amide bonds. The van der Waals surface area contributed by atoms with Crippen LogP contribution in [0.25, 0.3) is 0 Å². The Labute approximate surface area is 140 Å². The van der Waals surface area contributed by atoms with Crippen molar-refractivity contribution in [2.24, 2.45) is 0 Å². The fourth-order valence-electron chi connectivity index (χ4n) is 1.62. The molecule has 8 nitrogen and oxygen atoms in total. The van der Waals surface area contributed by atoms with Gasteiger partial charge in [0.15, 0.2) is 0 Å². The second kappa shape index (κ2) is 8.19. The van der Waals surface area contributed by atoms with Crippen LogP contribution in [-0.4, -0.2) is 34.8 Å². The van der Waals surface area contributed by atoms with Crippen LogP contribution in [0.15, 0.2) is 24.3 Å². The highest BCUT2D eigenvalue weighted by Gasteiger charge is 2.16. The maximum Gasteiger partial charge on any atom is 0.412 e. The summed E-state index contributed by atoms with van der Waals surface area (Å²) in [6.45, 7) is 6.93. The van der Waals surface area contributed by atoms with Crippen molar-refractivity contribution in [3.8, 4) is 0 Å². The molecule has 0 aromatic heterocycles. The van der Waals surface area contributed by atoms with Crippen molar-refractivity contribution in [2.45, 2.75) is 45.9 Å². The average molecular weight is 337 g/mol. The van der Waals surface area contributed by atoms with Crippen molar-refractivity contribution in [1.29, 1.82) is 0 Å². The van der Waals surface area contributed by atoms with E-state index in [0.29, 0.717) is 5.69 Å². The summed E-state index contributed by atoms with van der Waals surface area (Å²) in [6.07, 6.45) is -0.546. The summed E-state index contributed by atoms with van der Waals surface area (Å²) in [4.78, 5) is 33.8. The number of urea groups is 1. The van der Waals surface area contributed by atoms with E-state index in [4.69, 9.17) is 9.84 Å². The number of hydrogen-bond donors (Lipinski definition) is 4. The zero-order chi connectivity index (χ0) is 18.3. The summed E-state index contributed by atoms with van der Waals surface area (Å²) in [5.41, 5.74) is 0.786. The predicted octanol–water partition coefficient (Wildman–Crippen LogP) is 2.31. The van der Waals surface area contributed by atoms with E-state index in [0.717, 1.165) is 5.56 Å². The van der Waals surface area contributed by atoms with Gasteiger partial charge in [-0.05, 0) is 45.4 Å². The van der Waals surface area contributed by atoms with Gasteiger partial charge in [0, 0.05) is 12.2 Å². The molecule has 24 heavy (non-hydrogen) atoms. The van der Waals surface area contributed by atoms with E-state index in [9.17, 15) is 14.4 Å². The molecule has 1 atom stereocenters. The summed E-state index contributed by atoms with van der Waals surface area (Å²) in [7, 11) is 0. The highest BCUT2D eigenvalue weighted by Crippen LogP contribution is 2.12. The zero-order valence-electron chi connectivity index (χ0n) is 14.2. The molecule has 1 unspecified atom stereocenters. The molecular weight excluding hydrogens is 314 g/mol. The number of carboxylic acids is 1. The first kappa shape index (κ1) is 19.3. The van der Waals surface area contributed by atoms with Crippen LogP contribution in [0.3, 0.4) is 0 Å². The van der Waals surface area contributed by atoms with Crippen LogP contribution >= 0.6 is 0 Å². The highest BCUT2D eigenvalue weighted by molar-refractivity contribution is 5.85. The van der Waals surface area contributed by atoms with Crippen molar-refractivity contribution in [2.75, 3.05) is 5.32 Å². The standard InChI is InChI=1S/C16H23N3O5/c1-10(13(20)21)18-14(22)17-9-11-5-7-12(8-6-11)19-15(23)24-16(2,3)4/h5-8,10H,9H2,1-4H3,(H,19,23)(H,20,21)(H2,17,18,22). The molecule has 0 radical (unpaired) electrons. The molecule has 0 saturated heterocycles. The molecule has 0 heterocycles. The quantitative estimate of drug-likeness (QED) is 0.658. The van der Waals surface area contributed by atoms with Crippen molar-refractivity contribution in [3.05, 3.63) is 29.8 Å². The first-order valence-electron chi connectivity index (χ1n) is 7.43. The molecule has 8 heteroatoms. The van der Waals surface area contributed by atoms with E-state index < -0.39 is 29.7 Å². The smallest absolute Gasteiger partial charge is 0.412 e. The molecule has 0 bridgehead atoms. The minimum absolute atomic E-state index is 0.227. The van der Waals surface area contributed by atoms with E-state index in [-0.39, 0.29) is 6.54 Å². The zero-order valence-corrected chi connectivity index (χ0v) is 14.2. The normalized spacial score (nSPS) is 12.0. The second-order valence-corrected chi connectivity index (χ2v) is 6.21. The molecular formula is C16H23N3O5. The van der Waals surface area contributed by atoms with Gasteiger partial charge in [-0.3, -0.25) is 10.1 Å². The molecule has 1 aromatic rings. The lowest BCUT2D eigenvalue weighted by atomic mass is 10.2. The maximum atomic E-state index is 11.6. The van der Waals surface area contributed by atoms with Gasteiger partial charge in [0.25, 0.3) is 0 Å². The number of ether oxygens (including phenoxy) is 1. The third kappa shape index (κ3) is 7.48. The lowest BCUT2D eigenvalue weighted by molar-refractivity contribution is -0.138. The number of carbonyl (C=O) groups is 3. The lowest BCUT2D eigenvalue weighted by Crippen LogP contribution is -2.44. The molecule has 0 aliphatic heterocycles. The van der Waals surface area contributed by atoms with Gasteiger partial charge in [-0.25, -0.2) is 9.59 Å². The van der Waals surface area contributed by atoms with Crippen LogP contribution in [0.1, 0.15) is 33.3 Å². The molecule has 0 fully saturated rings. The SMILES string of the molecule is CC(NC(=O)NCc1ccc(NC(=O)OC(C)(C)C)cc1)C(=O)O. The summed E-state index contributed by atoms with van der Waals surface area (Å²) in [6, 6.07) is 5.28. The molecule has 1 rings (SSSR count). The van der Waals surface area contributed by atoms with E-state index in [1.54, 1.807) is 45.0 Å². The molecule has 0 aliphatic rings. The first-order valence-corrected chi connectivity index (χ1v) is 7.43. The van der Waals surface area contributed by atoms with Gasteiger partial charge in [-0.15, -0.1) is 0 Å². The van der Waals surface area contributed by atoms with Gasteiger partial charge >= 0.3 is 18.1 Å². The number of carboxylic acid groups (broad SMARTS) is 1. The third-order valence-electron chi connectivity index (χ3n) is 2.77. The van der Waals surface area contributed by atoms with Crippen molar-refractivity contribution < 1.29 is 24.2 Å². The number of benzene rings is 1. The summed E-state index contributed by atoms with van der Waals surface area (Å²) < 4.78 is 5.14. The number of hydrogen-bond acceptors (Lipinski definition) is 4. The van der Waals surface area contributed by atoms with Gasteiger partial charge < -0.3 is 20.5 Å². The van der Waals surface area contributed by atoms with Gasteiger partial charge in [-0.1, -0.05) is 12.1 Å². The largest absolute Gasteiger partial charge is 0.480 e. The van der Waals surface area contributed by atoms with Gasteiger partial charge in [0.1, 0.15) is 11.6 Å². The van der Waals surface area contributed by atoms with Crippen LogP contribution in [0.5, 0.6) is 0 Å². The first-order chi connectivity index (χ1) is 11.1. The Morgan fingerprint density at radius 1 is 1.17 bits per heavy atom. The molecule has 0 spiro atoms. The molecule has 0 aliphatic carbocycles. The number of carbonyl (C=O) groups excluding carboxylic acids is 2. The van der Waals surface area contributed by atoms with Crippen LogP contribution in [0.2, 0.25) is 0 Å². The fourth-order valence-corrected chi connectivity index (χ4v) is 1.62. The molecule has 0 saturated carbocycles. The van der Waals surface area contributed by atoms with Gasteiger partial charge in [-0.2, -0.15) is 0 Å². The van der Waals surface area contributed by atoms with Crippen molar-refractivity contribution in [3.63, 3.8) is 0 Å². The Morgan fingerprint density at radius 2 is 1.75 bits per heavy atom. The molecule has 4 N–H and O–H groups in total. The Hall–Kier alpha value is -2.77. The summed E-state index contributed by atoms with van der Waals surface area (Å²) in [5, 5.41) is 16.1. The van der Waals surface area contributed by atoms with Crippen LogP contribution in [-0.2, 0) is 16.1 Å². The number of amides is 3. The number of aliphatic carboxylic acids is 1. The Morgan fingerprint density at radius 3 is 2.25 bits per heavy atom. The predicted molar refractivity (Wildman–Crippen MR) is 88.8 cm³/mol. The lowest BCUT2D eigenvalue weighted by Gasteiger charge is -2.19. The van der Waals surface area contributed by atoms with Crippen LogP contribution in [0.4, 0.5) is 15.3 Å². The Balaban J connectivity index is 2.46. The number of nitrogens with one attached hydrogen (secondary N) is 3. The molecule has 1 aromatic carbocycles. The van der Waals surface area contributed by atoms with Gasteiger partial charge in [0.05, 0.1) is 0 Å². The highest BCUT2D eigenvalue weighted by atomic mass is 16.6. The van der Waals surface area contributed by atoms with E-state index in [1.165, 1.54) is 6.92 Å². The van der Waals surface area contributed by atoms with Crippen molar-refractivity contribution >= 4 is 23.8 Å². The van der Waals surface area contributed by atoms with Crippen molar-refractivity contribution in [1.82, 2.24) is 10.6 Å². The van der Waals surface area contributed by atoms with Crippen LogP contribution in [0, 0.1) is 0 Å². The number of rotatable bonds is 5. The third-order valence-corrected chi connectivity index (χ3v) is 2.77. The van der Waals surface area contributed by atoms with Crippen LogP contribution < -0.4 is 16.0 Å². The monoisotopic (exact) mass is 337 g/mol. The topological polar surface area (TPSA) is 117 Å². The minimum Gasteiger partial charge on any atom is -0.480 e. The molecule has 132 valence electrons. The second-order valence-electron chi connectivity index (χ2n) is 6.21. The summed E-state index contributed by atoms with van der Waals surface area (Å²) >= 11 is 0. The van der Waals surface area contributed by atoms with Gasteiger partial charge in [0.2, 0.25) is 0 Å². The Bertz CT molecular complexity index is 593.